The third-order valence-corrected chi connectivity index (χ3v) is 5.98. The molecule has 2 aromatic carbocycles. The number of nitrogens with two attached hydrogens (primary N) is 1. The molecule has 182 valence electrons. The Morgan fingerprint density at radius 1 is 1.09 bits per heavy atom. The summed E-state index contributed by atoms with van der Waals surface area (Å²) < 4.78 is 19.7. The number of halogens is 1. The first kappa shape index (κ1) is 24.3. The molecule has 1 aliphatic rings. The average molecular weight is 478 g/mol. The molecule has 3 N–H and O–H groups in total. The molecule has 1 fully saturated rings. The van der Waals surface area contributed by atoms with Crippen LogP contribution in [-0.4, -0.2) is 52.3 Å². The highest BCUT2D eigenvalue weighted by molar-refractivity contribution is 5.89. The van der Waals surface area contributed by atoms with Crippen molar-refractivity contribution < 1.29 is 18.7 Å². The Labute approximate surface area is 203 Å². The van der Waals surface area contributed by atoms with E-state index < -0.39 is 30.1 Å². The molecule has 2 amide bonds. The predicted molar refractivity (Wildman–Crippen MR) is 128 cm³/mol. The summed E-state index contributed by atoms with van der Waals surface area (Å²) in [5.41, 5.74) is 8.67. The molecule has 4 atom stereocenters. The molecular weight excluding hydrogens is 449 g/mol. The van der Waals surface area contributed by atoms with Crippen LogP contribution in [0.3, 0.4) is 0 Å². The standard InChI is InChI=1S/C26H28FN5O3/c1-17(28)18-9-11-20(12-10-18)25(19-6-3-2-4-7-19)30-26(34)22-14-21(27)15-32(22)24(33)16-35-23-8-5-13-29-31-23/h2-13,17,21-22,25H,14-16,28H2,1H3,(H,30,34)/t17?,21-,22+,25+/m1/s1. The van der Waals surface area contributed by atoms with Crippen molar-refractivity contribution in [1.82, 2.24) is 20.4 Å². The SMILES string of the molecule is CC(N)c1ccc([C@@H](NC(=O)[C@@H]2C[C@@H](F)CN2C(=O)COc2cccnn2)c2ccccc2)cc1. The Morgan fingerprint density at radius 3 is 2.43 bits per heavy atom. The number of alkyl halides is 1. The molecule has 1 saturated heterocycles. The van der Waals surface area contributed by atoms with Crippen LogP contribution in [-0.2, 0) is 9.59 Å². The van der Waals surface area contributed by atoms with E-state index in [-0.39, 0.29) is 31.5 Å². The smallest absolute Gasteiger partial charge is 0.261 e. The lowest BCUT2D eigenvalue weighted by molar-refractivity contribution is -0.140. The average Bonchev–Trinajstić information content (AvgIpc) is 3.29. The summed E-state index contributed by atoms with van der Waals surface area (Å²) in [6.45, 7) is 1.37. The molecule has 1 aliphatic heterocycles. The molecule has 0 radical (unpaired) electrons. The Hall–Kier alpha value is -3.85. The Morgan fingerprint density at radius 2 is 1.77 bits per heavy atom. The fourth-order valence-corrected chi connectivity index (χ4v) is 4.13. The molecule has 1 aromatic heterocycles. The van der Waals surface area contributed by atoms with Crippen molar-refractivity contribution in [3.63, 3.8) is 0 Å². The van der Waals surface area contributed by atoms with Crippen molar-refractivity contribution in [3.05, 3.63) is 89.6 Å². The Balaban J connectivity index is 1.51. The summed E-state index contributed by atoms with van der Waals surface area (Å²) in [7, 11) is 0. The second-order valence-electron chi connectivity index (χ2n) is 8.55. The predicted octanol–water partition coefficient (Wildman–Crippen LogP) is 2.72. The fourth-order valence-electron chi connectivity index (χ4n) is 4.13. The number of ether oxygens (including phenoxy) is 1. The van der Waals surface area contributed by atoms with Crippen molar-refractivity contribution >= 4 is 11.8 Å². The normalized spacial score (nSPS) is 19.1. The highest BCUT2D eigenvalue weighted by Crippen LogP contribution is 2.26. The number of carbonyl (C=O) groups excluding carboxylic acids is 2. The van der Waals surface area contributed by atoms with Gasteiger partial charge in [0.15, 0.2) is 6.61 Å². The third kappa shape index (κ3) is 5.99. The molecule has 4 rings (SSSR count). The minimum absolute atomic E-state index is 0.0755. The highest BCUT2D eigenvalue weighted by atomic mass is 19.1. The molecule has 2 heterocycles. The molecule has 0 bridgehead atoms. The topological polar surface area (TPSA) is 110 Å². The van der Waals surface area contributed by atoms with Crippen LogP contribution in [0.4, 0.5) is 4.39 Å². The second kappa shape index (κ2) is 11.1. The van der Waals surface area contributed by atoms with E-state index in [9.17, 15) is 14.0 Å². The number of hydrogen-bond acceptors (Lipinski definition) is 6. The third-order valence-electron chi connectivity index (χ3n) is 5.98. The number of hydrogen-bond donors (Lipinski definition) is 2. The first-order valence-corrected chi connectivity index (χ1v) is 11.5. The van der Waals surface area contributed by atoms with Crippen LogP contribution in [0.5, 0.6) is 5.88 Å². The number of benzene rings is 2. The van der Waals surface area contributed by atoms with Gasteiger partial charge in [-0.05, 0) is 29.7 Å². The molecule has 8 nitrogen and oxygen atoms in total. The maximum Gasteiger partial charge on any atom is 0.261 e. The van der Waals surface area contributed by atoms with Crippen LogP contribution in [0.1, 0.15) is 42.1 Å². The van der Waals surface area contributed by atoms with Crippen LogP contribution in [0.2, 0.25) is 0 Å². The van der Waals surface area contributed by atoms with E-state index in [2.05, 4.69) is 15.5 Å². The minimum Gasteiger partial charge on any atom is -0.466 e. The van der Waals surface area contributed by atoms with Crippen LogP contribution in [0, 0.1) is 0 Å². The summed E-state index contributed by atoms with van der Waals surface area (Å²) in [6.07, 6.45) is 0.108. The van der Waals surface area contributed by atoms with E-state index in [1.165, 1.54) is 11.1 Å². The maximum atomic E-state index is 14.4. The van der Waals surface area contributed by atoms with Gasteiger partial charge in [0.1, 0.15) is 12.2 Å². The van der Waals surface area contributed by atoms with Gasteiger partial charge in [0, 0.05) is 24.7 Å². The summed E-state index contributed by atoms with van der Waals surface area (Å²) in [5.74, 6) is -0.742. The van der Waals surface area contributed by atoms with Crippen molar-refractivity contribution in [2.24, 2.45) is 5.73 Å². The maximum absolute atomic E-state index is 14.4. The molecular formula is C26H28FN5O3. The molecule has 3 aromatic rings. The van der Waals surface area contributed by atoms with E-state index in [0.29, 0.717) is 0 Å². The number of rotatable bonds is 8. The minimum atomic E-state index is -1.30. The lowest BCUT2D eigenvalue weighted by Gasteiger charge is -2.27. The summed E-state index contributed by atoms with van der Waals surface area (Å²) >= 11 is 0. The highest BCUT2D eigenvalue weighted by Gasteiger charge is 2.40. The van der Waals surface area contributed by atoms with Crippen molar-refractivity contribution in [3.8, 4) is 5.88 Å². The van der Waals surface area contributed by atoms with Crippen LogP contribution < -0.4 is 15.8 Å². The summed E-state index contributed by atoms with van der Waals surface area (Å²) in [5, 5.41) is 10.5. The van der Waals surface area contributed by atoms with Crippen LogP contribution in [0.25, 0.3) is 0 Å². The van der Waals surface area contributed by atoms with Crippen LogP contribution >= 0.6 is 0 Å². The monoisotopic (exact) mass is 477 g/mol. The molecule has 9 heteroatoms. The zero-order valence-corrected chi connectivity index (χ0v) is 19.4. The zero-order valence-electron chi connectivity index (χ0n) is 19.4. The van der Waals surface area contributed by atoms with Gasteiger partial charge in [-0.3, -0.25) is 9.59 Å². The van der Waals surface area contributed by atoms with Crippen LogP contribution in [0.15, 0.2) is 72.9 Å². The molecule has 0 spiro atoms. The number of amides is 2. The van der Waals surface area contributed by atoms with Gasteiger partial charge >= 0.3 is 0 Å². The van der Waals surface area contributed by atoms with Gasteiger partial charge in [0.25, 0.3) is 5.91 Å². The summed E-state index contributed by atoms with van der Waals surface area (Å²) in [4.78, 5) is 27.4. The number of nitrogens with zero attached hydrogens (tertiary/aromatic N) is 3. The number of carbonyl (C=O) groups is 2. The van der Waals surface area contributed by atoms with Crippen molar-refractivity contribution in [2.75, 3.05) is 13.2 Å². The molecule has 1 unspecified atom stereocenters. The molecule has 0 aliphatic carbocycles. The first-order chi connectivity index (χ1) is 16.9. The van der Waals surface area contributed by atoms with E-state index in [0.717, 1.165) is 16.7 Å². The largest absolute Gasteiger partial charge is 0.466 e. The van der Waals surface area contributed by atoms with Gasteiger partial charge < -0.3 is 20.7 Å². The van der Waals surface area contributed by atoms with Gasteiger partial charge in [0.05, 0.1) is 12.6 Å². The van der Waals surface area contributed by atoms with Gasteiger partial charge in [-0.1, -0.05) is 54.6 Å². The van der Waals surface area contributed by atoms with Crippen molar-refractivity contribution in [1.29, 1.82) is 0 Å². The van der Waals surface area contributed by atoms with E-state index >= 15 is 0 Å². The Bertz CT molecular complexity index is 1130. The Kier molecular flexibility index (Phi) is 7.67. The number of aromatic nitrogens is 2. The van der Waals surface area contributed by atoms with Gasteiger partial charge in [-0.25, -0.2) is 4.39 Å². The zero-order chi connectivity index (χ0) is 24.8. The van der Waals surface area contributed by atoms with Gasteiger partial charge in [0.2, 0.25) is 11.8 Å². The van der Waals surface area contributed by atoms with Gasteiger partial charge in [-0.15, -0.1) is 5.10 Å². The first-order valence-electron chi connectivity index (χ1n) is 11.5. The lowest BCUT2D eigenvalue weighted by atomic mass is 9.96. The number of nitrogens with one attached hydrogen (secondary N) is 1. The van der Waals surface area contributed by atoms with E-state index in [1.807, 2.05) is 61.5 Å². The van der Waals surface area contributed by atoms with E-state index in [1.54, 1.807) is 12.1 Å². The quantitative estimate of drug-likeness (QED) is 0.516. The van der Waals surface area contributed by atoms with E-state index in [4.69, 9.17) is 10.5 Å². The molecule has 0 saturated carbocycles. The van der Waals surface area contributed by atoms with Gasteiger partial charge in [-0.2, -0.15) is 5.10 Å². The molecule has 35 heavy (non-hydrogen) atoms. The van der Waals surface area contributed by atoms with Crippen molar-refractivity contribution in [2.45, 2.75) is 37.6 Å². The second-order valence-corrected chi connectivity index (χ2v) is 8.55. The summed E-state index contributed by atoms with van der Waals surface area (Å²) in [6, 6.07) is 18.8. The number of likely N-dealkylation sites (tertiary alicyclic amines) is 1. The lowest BCUT2D eigenvalue weighted by Crippen LogP contribution is -2.48. The fraction of sp³-hybridized carbons (Fsp3) is 0.308.